The standard InChI is InChI=1S/C11H20N4O3S/c1-10-8-13-11(18-10)9-14-19(16,17)7-6-15-4-2-12-3-5-15/h8,12,14H,2-7,9H2,1H3. The SMILES string of the molecule is Cc1cnc(CNS(=O)(=O)CCN2CCNCC2)o1. The van der Waals surface area contributed by atoms with Gasteiger partial charge >= 0.3 is 0 Å². The van der Waals surface area contributed by atoms with Crippen molar-refractivity contribution in [2.75, 3.05) is 38.5 Å². The molecular formula is C11H20N4O3S. The van der Waals surface area contributed by atoms with Gasteiger partial charge in [-0.05, 0) is 6.92 Å². The fraction of sp³-hybridized carbons (Fsp3) is 0.727. The van der Waals surface area contributed by atoms with Crippen LogP contribution in [0, 0.1) is 6.92 Å². The molecule has 0 aliphatic carbocycles. The molecule has 1 fully saturated rings. The van der Waals surface area contributed by atoms with Gasteiger partial charge in [0.15, 0.2) is 0 Å². The van der Waals surface area contributed by atoms with E-state index in [2.05, 4.69) is 19.9 Å². The number of sulfonamides is 1. The molecule has 0 atom stereocenters. The van der Waals surface area contributed by atoms with Gasteiger partial charge in [0.2, 0.25) is 15.9 Å². The molecule has 0 saturated carbocycles. The smallest absolute Gasteiger partial charge is 0.213 e. The topological polar surface area (TPSA) is 87.5 Å². The lowest BCUT2D eigenvalue weighted by atomic mass is 10.4. The Morgan fingerprint density at radius 1 is 1.47 bits per heavy atom. The minimum absolute atomic E-state index is 0.104. The Bertz CT molecular complexity index is 494. The number of aromatic nitrogens is 1. The van der Waals surface area contributed by atoms with Crippen LogP contribution in [0.1, 0.15) is 11.7 Å². The van der Waals surface area contributed by atoms with Crippen molar-refractivity contribution in [1.29, 1.82) is 0 Å². The lowest BCUT2D eigenvalue weighted by molar-refractivity contribution is 0.253. The summed E-state index contributed by atoms with van der Waals surface area (Å²) < 4.78 is 31.4. The second-order valence-corrected chi connectivity index (χ2v) is 6.52. The molecule has 1 aliphatic heterocycles. The normalized spacial score (nSPS) is 17.7. The van der Waals surface area contributed by atoms with Gasteiger partial charge in [-0.25, -0.2) is 18.1 Å². The molecule has 19 heavy (non-hydrogen) atoms. The molecule has 0 unspecified atom stereocenters. The Balaban J connectivity index is 1.75. The van der Waals surface area contributed by atoms with Crippen LogP contribution >= 0.6 is 0 Å². The molecular weight excluding hydrogens is 268 g/mol. The summed E-state index contributed by atoms with van der Waals surface area (Å²) in [5.74, 6) is 1.17. The van der Waals surface area contributed by atoms with Crippen molar-refractivity contribution in [2.24, 2.45) is 0 Å². The fourth-order valence-corrected chi connectivity index (χ4v) is 2.90. The lowest BCUT2D eigenvalue weighted by Gasteiger charge is -2.26. The summed E-state index contributed by atoms with van der Waals surface area (Å²) in [5.41, 5.74) is 0. The van der Waals surface area contributed by atoms with Crippen molar-refractivity contribution in [3.8, 4) is 0 Å². The number of nitrogens with zero attached hydrogens (tertiary/aromatic N) is 2. The Hall–Kier alpha value is -0.960. The summed E-state index contributed by atoms with van der Waals surface area (Å²) >= 11 is 0. The molecule has 7 nitrogen and oxygen atoms in total. The fourth-order valence-electron chi connectivity index (χ4n) is 1.91. The van der Waals surface area contributed by atoms with Crippen molar-refractivity contribution in [3.05, 3.63) is 17.8 Å². The maximum absolute atomic E-state index is 11.8. The molecule has 2 N–H and O–H groups in total. The van der Waals surface area contributed by atoms with Crippen molar-refractivity contribution in [1.82, 2.24) is 19.9 Å². The summed E-state index contributed by atoms with van der Waals surface area (Å²) in [7, 11) is -3.28. The number of oxazole rings is 1. The van der Waals surface area contributed by atoms with E-state index < -0.39 is 10.0 Å². The van der Waals surface area contributed by atoms with Gasteiger partial charge in [0.1, 0.15) is 5.76 Å². The molecule has 1 aromatic rings. The van der Waals surface area contributed by atoms with Crippen LogP contribution in [0.3, 0.4) is 0 Å². The van der Waals surface area contributed by atoms with Gasteiger partial charge in [0, 0.05) is 32.7 Å². The number of nitrogens with one attached hydrogen (secondary N) is 2. The third-order valence-electron chi connectivity index (χ3n) is 3.00. The van der Waals surface area contributed by atoms with Crippen LogP contribution in [0.2, 0.25) is 0 Å². The van der Waals surface area contributed by atoms with Crippen LogP contribution in [0.5, 0.6) is 0 Å². The number of aryl methyl sites for hydroxylation is 1. The van der Waals surface area contributed by atoms with Crippen LogP contribution in [-0.4, -0.2) is 56.8 Å². The Kier molecular flexibility index (Phi) is 4.92. The van der Waals surface area contributed by atoms with Gasteiger partial charge < -0.3 is 9.73 Å². The van der Waals surface area contributed by atoms with E-state index in [1.807, 2.05) is 0 Å². The van der Waals surface area contributed by atoms with E-state index in [1.54, 1.807) is 13.1 Å². The first-order valence-electron chi connectivity index (χ1n) is 6.37. The lowest BCUT2D eigenvalue weighted by Crippen LogP contribution is -2.45. The summed E-state index contributed by atoms with van der Waals surface area (Å²) in [6.45, 7) is 6.07. The van der Waals surface area contributed by atoms with Crippen molar-refractivity contribution < 1.29 is 12.8 Å². The maximum atomic E-state index is 11.8. The molecule has 1 aromatic heterocycles. The Morgan fingerprint density at radius 3 is 2.84 bits per heavy atom. The second-order valence-electron chi connectivity index (χ2n) is 4.60. The first-order chi connectivity index (χ1) is 9.05. The molecule has 0 amide bonds. The monoisotopic (exact) mass is 288 g/mol. The zero-order valence-corrected chi connectivity index (χ0v) is 11.9. The van der Waals surface area contributed by atoms with Gasteiger partial charge in [-0.3, -0.25) is 4.90 Å². The molecule has 2 heterocycles. The van der Waals surface area contributed by atoms with Crippen LogP contribution in [-0.2, 0) is 16.6 Å². The van der Waals surface area contributed by atoms with Crippen molar-refractivity contribution in [3.63, 3.8) is 0 Å². The summed E-state index contributed by atoms with van der Waals surface area (Å²) in [6.07, 6.45) is 1.57. The van der Waals surface area contributed by atoms with Crippen LogP contribution in [0.15, 0.2) is 10.6 Å². The second kappa shape index (κ2) is 6.47. The predicted molar refractivity (Wildman–Crippen MR) is 71.2 cm³/mol. The molecule has 8 heteroatoms. The zero-order chi connectivity index (χ0) is 13.7. The van der Waals surface area contributed by atoms with Gasteiger partial charge in [0.05, 0.1) is 18.5 Å². The summed E-state index contributed by atoms with van der Waals surface area (Å²) in [6, 6.07) is 0. The molecule has 0 radical (unpaired) electrons. The molecule has 0 bridgehead atoms. The molecule has 2 rings (SSSR count). The highest BCUT2D eigenvalue weighted by Gasteiger charge is 2.16. The van der Waals surface area contributed by atoms with E-state index in [4.69, 9.17) is 4.42 Å². The zero-order valence-electron chi connectivity index (χ0n) is 11.1. The van der Waals surface area contributed by atoms with Gasteiger partial charge in [-0.2, -0.15) is 0 Å². The maximum Gasteiger partial charge on any atom is 0.213 e. The van der Waals surface area contributed by atoms with E-state index in [1.165, 1.54) is 0 Å². The quantitative estimate of drug-likeness (QED) is 0.720. The Morgan fingerprint density at radius 2 is 2.21 bits per heavy atom. The predicted octanol–water partition coefficient (Wildman–Crippen LogP) is -0.692. The van der Waals surface area contributed by atoms with Crippen LogP contribution in [0.25, 0.3) is 0 Å². The summed E-state index contributed by atoms with van der Waals surface area (Å²) in [4.78, 5) is 6.10. The van der Waals surface area contributed by atoms with Crippen LogP contribution in [0.4, 0.5) is 0 Å². The third kappa shape index (κ3) is 4.90. The van der Waals surface area contributed by atoms with E-state index in [0.717, 1.165) is 26.2 Å². The molecule has 108 valence electrons. The van der Waals surface area contributed by atoms with Crippen molar-refractivity contribution >= 4 is 10.0 Å². The van der Waals surface area contributed by atoms with Crippen LogP contribution < -0.4 is 10.0 Å². The first-order valence-corrected chi connectivity index (χ1v) is 8.02. The molecule has 0 spiro atoms. The van der Waals surface area contributed by atoms with Gasteiger partial charge in [-0.1, -0.05) is 0 Å². The van der Waals surface area contributed by atoms with Gasteiger partial charge in [-0.15, -0.1) is 0 Å². The minimum atomic E-state index is -3.28. The molecule has 1 aliphatic rings. The van der Waals surface area contributed by atoms with E-state index in [0.29, 0.717) is 18.2 Å². The number of rotatable bonds is 6. The number of hydrogen-bond donors (Lipinski definition) is 2. The average Bonchev–Trinajstić information content (AvgIpc) is 2.82. The molecule has 1 saturated heterocycles. The highest BCUT2D eigenvalue weighted by molar-refractivity contribution is 7.89. The summed E-state index contributed by atoms with van der Waals surface area (Å²) in [5, 5.41) is 3.23. The highest BCUT2D eigenvalue weighted by atomic mass is 32.2. The van der Waals surface area contributed by atoms with E-state index in [-0.39, 0.29) is 12.3 Å². The number of piperazine rings is 1. The van der Waals surface area contributed by atoms with E-state index in [9.17, 15) is 8.42 Å². The minimum Gasteiger partial charge on any atom is -0.445 e. The first kappa shape index (κ1) is 14.4. The molecule has 0 aromatic carbocycles. The van der Waals surface area contributed by atoms with E-state index >= 15 is 0 Å². The van der Waals surface area contributed by atoms with Gasteiger partial charge in [0.25, 0.3) is 0 Å². The largest absolute Gasteiger partial charge is 0.445 e. The highest BCUT2D eigenvalue weighted by Crippen LogP contribution is 2.02. The van der Waals surface area contributed by atoms with Crippen molar-refractivity contribution in [2.45, 2.75) is 13.5 Å². The number of hydrogen-bond acceptors (Lipinski definition) is 6. The third-order valence-corrected chi connectivity index (χ3v) is 4.30. The Labute approximate surface area is 113 Å². The average molecular weight is 288 g/mol.